The topological polar surface area (TPSA) is 93.3 Å². The molecule has 1 rings (SSSR count). The van der Waals surface area contributed by atoms with Crippen molar-refractivity contribution in [3.8, 4) is 0 Å². The van der Waals surface area contributed by atoms with Gasteiger partial charge in [0.05, 0.1) is 5.56 Å². The van der Waals surface area contributed by atoms with Crippen molar-refractivity contribution in [1.29, 1.82) is 0 Å². The van der Waals surface area contributed by atoms with Crippen LogP contribution < -0.4 is 0 Å². The molecule has 1 aromatic heterocycles. The summed E-state index contributed by atoms with van der Waals surface area (Å²) in [7, 11) is 0. The van der Waals surface area contributed by atoms with E-state index in [1.54, 1.807) is 0 Å². The second-order valence-electron chi connectivity index (χ2n) is 2.59. The minimum absolute atomic E-state index is 0.529. The van der Waals surface area contributed by atoms with E-state index in [2.05, 4.69) is 4.98 Å². The van der Waals surface area contributed by atoms with Crippen molar-refractivity contribution in [3.63, 3.8) is 0 Å². The van der Waals surface area contributed by atoms with Gasteiger partial charge < -0.3 is 15.2 Å². The van der Waals surface area contributed by atoms with Gasteiger partial charge in [-0.15, -0.1) is 0 Å². The first-order chi connectivity index (χ1) is 7.34. The Kier molecular flexibility index (Phi) is 3.33. The molecule has 6 nitrogen and oxygen atoms in total. The summed E-state index contributed by atoms with van der Waals surface area (Å²) in [6.07, 6.45) is -3.13. The number of pyridine rings is 1. The standard InChI is InChI=1S/C7H3ClF2N2O4/c8-3-1-2(5(9)10)4(7(13)14)11-6(3)12(15)16/h1,5H,(H,13,14). The van der Waals surface area contributed by atoms with Crippen LogP contribution >= 0.6 is 11.6 Å². The van der Waals surface area contributed by atoms with E-state index in [-0.39, 0.29) is 0 Å². The fraction of sp³-hybridized carbons (Fsp3) is 0.143. The lowest BCUT2D eigenvalue weighted by Gasteiger charge is -2.02. The van der Waals surface area contributed by atoms with Gasteiger partial charge in [0.2, 0.25) is 0 Å². The molecule has 0 aliphatic carbocycles. The number of nitro groups is 1. The Morgan fingerprint density at radius 3 is 2.56 bits per heavy atom. The van der Waals surface area contributed by atoms with Crippen molar-refractivity contribution >= 4 is 23.4 Å². The molecular weight excluding hydrogens is 250 g/mol. The Balaban J connectivity index is 3.49. The van der Waals surface area contributed by atoms with E-state index >= 15 is 0 Å². The molecule has 1 heterocycles. The third-order valence-electron chi connectivity index (χ3n) is 1.60. The first kappa shape index (κ1) is 12.2. The third-order valence-corrected chi connectivity index (χ3v) is 1.88. The molecule has 86 valence electrons. The predicted octanol–water partition coefficient (Wildman–Crippen LogP) is 2.28. The molecule has 0 saturated carbocycles. The number of halogens is 3. The zero-order valence-electron chi connectivity index (χ0n) is 7.35. The Bertz CT molecular complexity index is 466. The summed E-state index contributed by atoms with van der Waals surface area (Å²) in [4.78, 5) is 22.8. The number of hydrogen-bond donors (Lipinski definition) is 1. The van der Waals surface area contributed by atoms with Crippen molar-refractivity contribution in [2.45, 2.75) is 6.43 Å². The number of rotatable bonds is 3. The van der Waals surface area contributed by atoms with Crippen molar-refractivity contribution < 1.29 is 23.6 Å². The lowest BCUT2D eigenvalue weighted by molar-refractivity contribution is -0.389. The Morgan fingerprint density at radius 2 is 2.19 bits per heavy atom. The van der Waals surface area contributed by atoms with Gasteiger partial charge in [0, 0.05) is 0 Å². The van der Waals surface area contributed by atoms with E-state index in [1.165, 1.54) is 0 Å². The highest BCUT2D eigenvalue weighted by molar-refractivity contribution is 6.32. The number of aromatic nitrogens is 1. The Labute approximate surface area is 91.6 Å². The van der Waals surface area contributed by atoms with E-state index in [9.17, 15) is 23.7 Å². The highest BCUT2D eigenvalue weighted by Crippen LogP contribution is 2.30. The minimum atomic E-state index is -3.13. The van der Waals surface area contributed by atoms with Gasteiger partial charge in [0.1, 0.15) is 5.02 Å². The van der Waals surface area contributed by atoms with E-state index in [0.29, 0.717) is 6.07 Å². The van der Waals surface area contributed by atoms with E-state index < -0.39 is 39.4 Å². The maximum absolute atomic E-state index is 12.4. The van der Waals surface area contributed by atoms with Gasteiger partial charge in [-0.05, 0) is 16.0 Å². The van der Waals surface area contributed by atoms with Gasteiger partial charge in [0.15, 0.2) is 0 Å². The Hall–Kier alpha value is -1.83. The van der Waals surface area contributed by atoms with Crippen LogP contribution in [0.1, 0.15) is 22.5 Å². The smallest absolute Gasteiger partial charge is 0.383 e. The van der Waals surface area contributed by atoms with E-state index in [4.69, 9.17) is 16.7 Å². The molecule has 0 bridgehead atoms. The SMILES string of the molecule is O=C(O)c1nc([N+](=O)[O-])c(Cl)cc1C(F)F. The maximum Gasteiger partial charge on any atom is 0.383 e. The summed E-state index contributed by atoms with van der Waals surface area (Å²) >= 11 is 5.31. The van der Waals surface area contributed by atoms with Crippen LogP contribution in [0.3, 0.4) is 0 Å². The average Bonchev–Trinajstić information content (AvgIpc) is 2.15. The summed E-state index contributed by atoms with van der Waals surface area (Å²) in [6, 6.07) is 0.529. The largest absolute Gasteiger partial charge is 0.475 e. The fourth-order valence-electron chi connectivity index (χ4n) is 0.959. The van der Waals surface area contributed by atoms with Crippen LogP contribution in [0.4, 0.5) is 14.6 Å². The van der Waals surface area contributed by atoms with Crippen LogP contribution in [0.15, 0.2) is 6.07 Å². The number of carboxylic acids is 1. The first-order valence-electron chi connectivity index (χ1n) is 3.71. The number of carbonyl (C=O) groups is 1. The normalized spacial score (nSPS) is 10.5. The molecular formula is C7H3ClF2N2O4. The van der Waals surface area contributed by atoms with Gasteiger partial charge in [0.25, 0.3) is 12.1 Å². The zero-order chi connectivity index (χ0) is 12.5. The van der Waals surface area contributed by atoms with Crippen LogP contribution in [-0.2, 0) is 0 Å². The maximum atomic E-state index is 12.4. The lowest BCUT2D eigenvalue weighted by atomic mass is 10.2. The summed E-state index contributed by atoms with van der Waals surface area (Å²) in [6.45, 7) is 0. The number of alkyl halides is 2. The van der Waals surface area contributed by atoms with Gasteiger partial charge in [-0.1, -0.05) is 11.6 Å². The summed E-state index contributed by atoms with van der Waals surface area (Å²) in [5.41, 5.74) is -2.03. The van der Waals surface area contributed by atoms with Gasteiger partial charge >= 0.3 is 11.8 Å². The lowest BCUT2D eigenvalue weighted by Crippen LogP contribution is -2.08. The molecule has 0 aromatic carbocycles. The molecule has 0 amide bonds. The molecule has 0 aliphatic heterocycles. The second-order valence-corrected chi connectivity index (χ2v) is 3.00. The fourth-order valence-corrected chi connectivity index (χ4v) is 1.19. The van der Waals surface area contributed by atoms with Gasteiger partial charge in [-0.2, -0.15) is 0 Å². The summed E-state index contributed by atoms with van der Waals surface area (Å²) < 4.78 is 24.7. The molecule has 0 atom stereocenters. The molecule has 1 aromatic rings. The monoisotopic (exact) mass is 252 g/mol. The number of aromatic carboxylic acids is 1. The number of carboxylic acid groups (broad SMARTS) is 1. The van der Waals surface area contributed by atoms with Gasteiger partial charge in [-0.25, -0.2) is 13.6 Å². The molecule has 1 N–H and O–H groups in total. The molecule has 0 spiro atoms. The highest BCUT2D eigenvalue weighted by Gasteiger charge is 2.29. The van der Waals surface area contributed by atoms with Crippen molar-refractivity contribution in [1.82, 2.24) is 4.98 Å². The average molecular weight is 253 g/mol. The number of nitrogens with zero attached hydrogens (tertiary/aromatic N) is 2. The van der Waals surface area contributed by atoms with Crippen LogP contribution in [-0.4, -0.2) is 21.0 Å². The molecule has 0 radical (unpaired) electrons. The van der Waals surface area contributed by atoms with Crippen LogP contribution in [0.25, 0.3) is 0 Å². The summed E-state index contributed by atoms with van der Waals surface area (Å²) in [5.74, 6) is -2.75. The molecule has 16 heavy (non-hydrogen) atoms. The third kappa shape index (κ3) is 2.22. The van der Waals surface area contributed by atoms with E-state index in [0.717, 1.165) is 0 Å². The zero-order valence-corrected chi connectivity index (χ0v) is 8.11. The molecule has 0 fully saturated rings. The quantitative estimate of drug-likeness (QED) is 0.658. The van der Waals surface area contributed by atoms with Crippen LogP contribution in [0.2, 0.25) is 5.02 Å². The molecule has 0 saturated heterocycles. The minimum Gasteiger partial charge on any atom is -0.475 e. The Morgan fingerprint density at radius 1 is 1.62 bits per heavy atom. The van der Waals surface area contributed by atoms with E-state index in [1.807, 2.05) is 0 Å². The number of hydrogen-bond acceptors (Lipinski definition) is 4. The van der Waals surface area contributed by atoms with Crippen molar-refractivity contribution in [2.75, 3.05) is 0 Å². The molecule has 0 unspecified atom stereocenters. The van der Waals surface area contributed by atoms with Gasteiger partial charge in [-0.3, -0.25) is 0 Å². The highest BCUT2D eigenvalue weighted by atomic mass is 35.5. The van der Waals surface area contributed by atoms with Crippen molar-refractivity contribution in [2.24, 2.45) is 0 Å². The second kappa shape index (κ2) is 4.35. The van der Waals surface area contributed by atoms with Crippen LogP contribution in [0.5, 0.6) is 0 Å². The summed E-state index contributed by atoms with van der Waals surface area (Å²) in [5, 5.41) is 18.3. The predicted molar refractivity (Wildman–Crippen MR) is 47.8 cm³/mol. The first-order valence-corrected chi connectivity index (χ1v) is 4.08. The van der Waals surface area contributed by atoms with Crippen molar-refractivity contribution in [3.05, 3.63) is 32.5 Å². The molecule has 0 aliphatic rings. The van der Waals surface area contributed by atoms with Crippen LogP contribution in [0, 0.1) is 10.1 Å². The molecule has 9 heteroatoms.